The molecule has 0 radical (unpaired) electrons. The van der Waals surface area contributed by atoms with E-state index in [1.165, 1.54) is 13.2 Å². The fraction of sp³-hybridized carbons (Fsp3) is 0.370. The van der Waals surface area contributed by atoms with Gasteiger partial charge in [-0.15, -0.1) is 0 Å². The van der Waals surface area contributed by atoms with Gasteiger partial charge >= 0.3 is 0 Å². The Morgan fingerprint density at radius 1 is 1.30 bits per heavy atom. The first-order valence-corrected chi connectivity index (χ1v) is 12.1. The van der Waals surface area contributed by atoms with Crippen LogP contribution in [0.2, 0.25) is 0 Å². The van der Waals surface area contributed by atoms with Gasteiger partial charge in [-0.2, -0.15) is 0 Å². The van der Waals surface area contributed by atoms with Gasteiger partial charge in [-0.25, -0.2) is 13.8 Å². The number of methoxy groups -OCH3 is 1. The van der Waals surface area contributed by atoms with Gasteiger partial charge in [-0.05, 0) is 48.7 Å². The zero-order chi connectivity index (χ0) is 26.4. The summed E-state index contributed by atoms with van der Waals surface area (Å²) in [7, 11) is 1.54. The molecular weight excluding hydrogens is 482 g/mol. The molecule has 4 N–H and O–H groups in total. The molecule has 4 atom stereocenters. The number of benzene rings is 1. The number of ether oxygens (including phenoxy) is 2. The Hall–Kier alpha value is -3.47. The summed E-state index contributed by atoms with van der Waals surface area (Å²) in [5.41, 5.74) is 7.75. The number of hydrogen-bond donors (Lipinski definition) is 3. The summed E-state index contributed by atoms with van der Waals surface area (Å²) < 4.78 is 38.5. The van der Waals surface area contributed by atoms with Crippen LogP contribution in [0.5, 0.6) is 5.88 Å². The van der Waals surface area contributed by atoms with Crippen molar-refractivity contribution in [2.45, 2.75) is 50.0 Å². The van der Waals surface area contributed by atoms with Crippen LogP contribution in [0.25, 0.3) is 17.1 Å². The number of hydrogen-bond acceptors (Lipinski definition) is 7. The molecule has 1 aliphatic heterocycles. The molecule has 3 unspecified atom stereocenters. The van der Waals surface area contributed by atoms with Gasteiger partial charge in [0.25, 0.3) is 0 Å². The maximum atomic E-state index is 13.8. The lowest BCUT2D eigenvalue weighted by molar-refractivity contribution is -0.136. The minimum absolute atomic E-state index is 0.0138. The molecular formula is C27H30F2N4O4. The van der Waals surface area contributed by atoms with Crippen molar-refractivity contribution in [1.82, 2.24) is 15.3 Å². The lowest BCUT2D eigenvalue weighted by Gasteiger charge is -2.38. The van der Waals surface area contributed by atoms with Crippen molar-refractivity contribution in [1.29, 1.82) is 0 Å². The molecule has 3 heterocycles. The molecule has 37 heavy (non-hydrogen) atoms. The lowest BCUT2D eigenvalue weighted by Crippen LogP contribution is -2.51. The average Bonchev–Trinajstić information content (AvgIpc) is 2.88. The van der Waals surface area contributed by atoms with E-state index in [9.17, 15) is 18.7 Å². The topological polar surface area (TPSA) is 120 Å². The zero-order valence-corrected chi connectivity index (χ0v) is 20.4. The fourth-order valence-electron chi connectivity index (χ4n) is 4.57. The Morgan fingerprint density at radius 2 is 2.14 bits per heavy atom. The Balaban J connectivity index is 1.39. The first-order chi connectivity index (χ1) is 17.8. The first kappa shape index (κ1) is 26.6. The molecule has 1 saturated heterocycles. The van der Waals surface area contributed by atoms with Crippen LogP contribution < -0.4 is 15.8 Å². The molecule has 1 amide bonds. The Bertz CT molecular complexity index is 1270. The average molecular weight is 513 g/mol. The normalized spacial score (nSPS) is 20.8. The predicted molar refractivity (Wildman–Crippen MR) is 135 cm³/mol. The second-order valence-corrected chi connectivity index (χ2v) is 9.01. The third-order valence-electron chi connectivity index (χ3n) is 6.43. The maximum absolute atomic E-state index is 13.8. The van der Waals surface area contributed by atoms with Crippen molar-refractivity contribution in [3.8, 4) is 5.88 Å². The molecule has 196 valence electrons. The summed E-state index contributed by atoms with van der Waals surface area (Å²) in [5.74, 6) is -1.09. The van der Waals surface area contributed by atoms with Crippen molar-refractivity contribution in [2.24, 2.45) is 5.73 Å². The largest absolute Gasteiger partial charge is 0.481 e. The number of aliphatic hydroxyl groups is 1. The highest BCUT2D eigenvalue weighted by Crippen LogP contribution is 2.27. The number of nitrogens with zero attached hydrogens (tertiary/aromatic N) is 2. The molecule has 4 rings (SSSR count). The Kier molecular flexibility index (Phi) is 8.75. The van der Waals surface area contributed by atoms with E-state index in [1.54, 1.807) is 24.4 Å². The number of amides is 1. The standard InChI is InChI=1S/C27H30F2N4O4/c1-36-26-9-7-21-27(33-26)17(10-12-32-21)14-22(34)23-8-6-20(24(37-23)15-25(30)35)31-11-2-3-16-13-18(28)4-5-19(16)29/h2-5,7,9-10,12-13,20,22-24,31,34H,6,8,11,14-15H2,1H3,(H2,30,35)/b3-2+/t20?,22-,23?,24?/m0/s1. The molecule has 1 aliphatic rings. The van der Waals surface area contributed by atoms with E-state index in [0.29, 0.717) is 36.3 Å². The molecule has 0 bridgehead atoms. The second-order valence-electron chi connectivity index (χ2n) is 9.01. The number of carbonyl (C=O) groups is 1. The number of fused-ring (bicyclic) bond motifs is 1. The van der Waals surface area contributed by atoms with Crippen LogP contribution in [0, 0.1) is 11.6 Å². The SMILES string of the molecule is COc1ccc2nccc(C[C@H](O)C3CCC(NC/C=C/c4cc(F)ccc4F)C(CC(N)=O)O3)c2n1. The van der Waals surface area contributed by atoms with Crippen LogP contribution in [0.1, 0.15) is 30.4 Å². The zero-order valence-electron chi connectivity index (χ0n) is 20.4. The highest BCUT2D eigenvalue weighted by molar-refractivity contribution is 5.78. The number of aromatic nitrogens is 2. The molecule has 2 aromatic heterocycles. The van der Waals surface area contributed by atoms with Crippen LogP contribution in [0.15, 0.2) is 48.7 Å². The highest BCUT2D eigenvalue weighted by atomic mass is 19.1. The highest BCUT2D eigenvalue weighted by Gasteiger charge is 2.35. The van der Waals surface area contributed by atoms with Crippen molar-refractivity contribution in [3.63, 3.8) is 0 Å². The van der Waals surface area contributed by atoms with Crippen molar-refractivity contribution < 1.29 is 28.2 Å². The number of halogens is 2. The smallest absolute Gasteiger partial charge is 0.220 e. The van der Waals surface area contributed by atoms with Crippen LogP contribution in [0.4, 0.5) is 8.78 Å². The minimum Gasteiger partial charge on any atom is -0.481 e. The van der Waals surface area contributed by atoms with E-state index in [1.807, 2.05) is 6.07 Å². The fourth-order valence-corrected chi connectivity index (χ4v) is 4.57. The van der Waals surface area contributed by atoms with Gasteiger partial charge in [0.2, 0.25) is 11.8 Å². The number of pyridine rings is 2. The second kappa shape index (κ2) is 12.2. The molecule has 3 aromatic rings. The van der Waals surface area contributed by atoms with Gasteiger partial charge in [0, 0.05) is 36.8 Å². The number of rotatable bonds is 10. The summed E-state index contributed by atoms with van der Waals surface area (Å²) in [6, 6.07) is 8.40. The first-order valence-electron chi connectivity index (χ1n) is 12.1. The van der Waals surface area contributed by atoms with E-state index >= 15 is 0 Å². The van der Waals surface area contributed by atoms with Gasteiger partial charge in [-0.3, -0.25) is 9.78 Å². The molecule has 1 aromatic carbocycles. The Morgan fingerprint density at radius 3 is 2.92 bits per heavy atom. The minimum atomic E-state index is -0.842. The quantitative estimate of drug-likeness (QED) is 0.382. The molecule has 0 saturated carbocycles. The summed E-state index contributed by atoms with van der Waals surface area (Å²) in [4.78, 5) is 20.5. The van der Waals surface area contributed by atoms with Crippen molar-refractivity contribution in [2.75, 3.05) is 13.7 Å². The monoisotopic (exact) mass is 512 g/mol. The third-order valence-corrected chi connectivity index (χ3v) is 6.43. The van der Waals surface area contributed by atoms with Crippen LogP contribution in [-0.2, 0) is 16.0 Å². The predicted octanol–water partition coefficient (Wildman–Crippen LogP) is 2.91. The van der Waals surface area contributed by atoms with Gasteiger partial charge in [0.05, 0.1) is 42.9 Å². The lowest BCUT2D eigenvalue weighted by atomic mass is 9.91. The van der Waals surface area contributed by atoms with E-state index in [4.69, 9.17) is 15.2 Å². The molecule has 1 fully saturated rings. The number of primary amides is 1. The summed E-state index contributed by atoms with van der Waals surface area (Å²) in [6.45, 7) is 0.350. The number of aliphatic hydroxyl groups excluding tert-OH is 1. The summed E-state index contributed by atoms with van der Waals surface area (Å²) in [6.07, 6.45) is 4.40. The van der Waals surface area contributed by atoms with E-state index < -0.39 is 35.9 Å². The van der Waals surface area contributed by atoms with Crippen LogP contribution in [-0.4, -0.2) is 59.0 Å². The number of nitrogens with two attached hydrogens (primary N) is 1. The molecule has 0 aliphatic carbocycles. The number of carbonyl (C=O) groups excluding carboxylic acids is 1. The maximum Gasteiger partial charge on any atom is 0.220 e. The molecule has 8 nitrogen and oxygen atoms in total. The van der Waals surface area contributed by atoms with Crippen LogP contribution >= 0.6 is 0 Å². The molecule has 10 heteroatoms. The van der Waals surface area contributed by atoms with Gasteiger partial charge in [0.1, 0.15) is 11.6 Å². The summed E-state index contributed by atoms with van der Waals surface area (Å²) in [5, 5.41) is 14.3. The van der Waals surface area contributed by atoms with Gasteiger partial charge < -0.3 is 25.6 Å². The van der Waals surface area contributed by atoms with Crippen LogP contribution in [0.3, 0.4) is 0 Å². The molecule has 0 spiro atoms. The Labute approximate surface area is 213 Å². The number of nitrogens with one attached hydrogen (secondary N) is 1. The van der Waals surface area contributed by atoms with E-state index in [0.717, 1.165) is 23.8 Å². The van der Waals surface area contributed by atoms with Crippen molar-refractivity contribution >= 4 is 23.0 Å². The van der Waals surface area contributed by atoms with E-state index in [-0.39, 0.29) is 24.4 Å². The van der Waals surface area contributed by atoms with Gasteiger partial charge in [0.15, 0.2) is 0 Å². The van der Waals surface area contributed by atoms with Crippen molar-refractivity contribution in [3.05, 3.63) is 71.4 Å². The third kappa shape index (κ3) is 6.85. The summed E-state index contributed by atoms with van der Waals surface area (Å²) >= 11 is 0. The van der Waals surface area contributed by atoms with Gasteiger partial charge in [-0.1, -0.05) is 12.2 Å². The van der Waals surface area contributed by atoms with E-state index in [2.05, 4.69) is 15.3 Å².